The van der Waals surface area contributed by atoms with E-state index in [2.05, 4.69) is 20.8 Å². The van der Waals surface area contributed by atoms with E-state index in [9.17, 15) is 4.79 Å². The molecule has 26 heavy (non-hydrogen) atoms. The predicted molar refractivity (Wildman–Crippen MR) is 96.3 cm³/mol. The molecule has 0 bridgehead atoms. The van der Waals surface area contributed by atoms with Crippen molar-refractivity contribution in [2.24, 2.45) is 0 Å². The smallest absolute Gasteiger partial charge is 0.262 e. The highest BCUT2D eigenvalue weighted by molar-refractivity contribution is 6.35. The molecule has 10 heteroatoms. The summed E-state index contributed by atoms with van der Waals surface area (Å²) in [6.07, 6.45) is 1.44. The van der Waals surface area contributed by atoms with Crippen LogP contribution in [-0.2, 0) is 4.79 Å². The molecule has 3 rings (SSSR count). The Bertz CT molecular complexity index is 918. The molecule has 1 N–H and O–H groups in total. The van der Waals surface area contributed by atoms with Crippen LogP contribution in [0.4, 0.5) is 5.69 Å². The molecule has 0 saturated heterocycles. The van der Waals surface area contributed by atoms with E-state index in [1.54, 1.807) is 36.4 Å². The third kappa shape index (κ3) is 4.22. The second kappa shape index (κ2) is 8.03. The molecule has 0 aliphatic rings. The van der Waals surface area contributed by atoms with E-state index >= 15 is 0 Å². The van der Waals surface area contributed by atoms with Crippen LogP contribution >= 0.6 is 23.2 Å². The summed E-state index contributed by atoms with van der Waals surface area (Å²) in [6.45, 7) is -0.210. The van der Waals surface area contributed by atoms with Crippen molar-refractivity contribution in [3.63, 3.8) is 0 Å². The topological polar surface area (TPSA) is 91.2 Å². The number of methoxy groups -OCH3 is 1. The Morgan fingerprint density at radius 2 is 2.04 bits per heavy atom. The number of anilines is 1. The predicted octanol–water partition coefficient (Wildman–Crippen LogP) is 3.00. The number of carbonyl (C=O) groups excluding carboxylic acids is 1. The van der Waals surface area contributed by atoms with E-state index in [1.807, 2.05) is 0 Å². The standard InChI is InChI=1S/C16H13Cl2N5O3/c1-25-15-7-11(3-4-13(15)23-9-19-21-22-23)20-16(24)8-26-14-5-2-10(17)6-12(14)18/h2-7,9H,8H2,1H3,(H,20,24). The van der Waals surface area contributed by atoms with E-state index in [1.165, 1.54) is 18.1 Å². The van der Waals surface area contributed by atoms with Gasteiger partial charge in [0.2, 0.25) is 0 Å². The SMILES string of the molecule is COc1cc(NC(=O)COc2ccc(Cl)cc2Cl)ccc1-n1cnnn1. The molecule has 3 aromatic rings. The molecule has 0 saturated carbocycles. The minimum Gasteiger partial charge on any atom is -0.494 e. The number of tetrazole rings is 1. The van der Waals surface area contributed by atoms with Gasteiger partial charge in [0, 0.05) is 16.8 Å². The molecular weight excluding hydrogens is 381 g/mol. The number of nitrogens with zero attached hydrogens (tertiary/aromatic N) is 4. The van der Waals surface area contributed by atoms with Gasteiger partial charge in [0.1, 0.15) is 23.5 Å². The lowest BCUT2D eigenvalue weighted by Crippen LogP contribution is -2.20. The molecule has 0 spiro atoms. The first-order valence-corrected chi connectivity index (χ1v) is 8.11. The van der Waals surface area contributed by atoms with Gasteiger partial charge in [-0.25, -0.2) is 0 Å². The molecule has 2 aromatic carbocycles. The maximum absolute atomic E-state index is 12.1. The number of carbonyl (C=O) groups is 1. The Balaban J connectivity index is 1.65. The third-order valence-electron chi connectivity index (χ3n) is 3.31. The lowest BCUT2D eigenvalue weighted by Gasteiger charge is -2.12. The first kappa shape index (κ1) is 18.0. The van der Waals surface area contributed by atoms with Crippen LogP contribution in [0.2, 0.25) is 10.0 Å². The summed E-state index contributed by atoms with van der Waals surface area (Å²) < 4.78 is 12.2. The molecule has 1 heterocycles. The Morgan fingerprint density at radius 1 is 1.19 bits per heavy atom. The van der Waals surface area contributed by atoms with Crippen LogP contribution in [0.15, 0.2) is 42.7 Å². The van der Waals surface area contributed by atoms with Crippen LogP contribution in [0.1, 0.15) is 0 Å². The van der Waals surface area contributed by atoms with Crippen LogP contribution in [0.25, 0.3) is 5.69 Å². The van der Waals surface area contributed by atoms with Crippen molar-refractivity contribution < 1.29 is 14.3 Å². The van der Waals surface area contributed by atoms with Gasteiger partial charge in [-0.15, -0.1) is 5.10 Å². The number of amides is 1. The van der Waals surface area contributed by atoms with Crippen LogP contribution in [0.5, 0.6) is 11.5 Å². The number of hydrogen-bond acceptors (Lipinski definition) is 6. The molecule has 1 aromatic heterocycles. The van der Waals surface area contributed by atoms with Crippen LogP contribution in [-0.4, -0.2) is 39.8 Å². The van der Waals surface area contributed by atoms with Crippen molar-refractivity contribution in [2.45, 2.75) is 0 Å². The fourth-order valence-corrected chi connectivity index (χ4v) is 2.61. The van der Waals surface area contributed by atoms with Crippen LogP contribution in [0.3, 0.4) is 0 Å². The first-order chi connectivity index (χ1) is 12.6. The minimum absolute atomic E-state index is 0.210. The summed E-state index contributed by atoms with van der Waals surface area (Å²) in [5.74, 6) is 0.517. The minimum atomic E-state index is -0.353. The molecule has 134 valence electrons. The number of benzene rings is 2. The van der Waals surface area contributed by atoms with Gasteiger partial charge in [-0.3, -0.25) is 4.79 Å². The van der Waals surface area contributed by atoms with Gasteiger partial charge in [0.25, 0.3) is 5.91 Å². The number of ether oxygens (including phenoxy) is 2. The molecule has 0 aliphatic heterocycles. The summed E-state index contributed by atoms with van der Waals surface area (Å²) in [5.41, 5.74) is 1.18. The first-order valence-electron chi connectivity index (χ1n) is 7.36. The highest BCUT2D eigenvalue weighted by Crippen LogP contribution is 2.28. The maximum Gasteiger partial charge on any atom is 0.262 e. The summed E-state index contributed by atoms with van der Waals surface area (Å²) in [7, 11) is 1.51. The normalized spacial score (nSPS) is 10.4. The van der Waals surface area contributed by atoms with E-state index in [-0.39, 0.29) is 12.5 Å². The Morgan fingerprint density at radius 3 is 2.73 bits per heavy atom. The summed E-state index contributed by atoms with van der Waals surface area (Å²) in [6, 6.07) is 9.85. The van der Waals surface area contributed by atoms with Crippen molar-refractivity contribution in [1.82, 2.24) is 20.2 Å². The highest BCUT2D eigenvalue weighted by atomic mass is 35.5. The highest BCUT2D eigenvalue weighted by Gasteiger charge is 2.11. The van der Waals surface area contributed by atoms with Gasteiger partial charge in [0.05, 0.1) is 12.1 Å². The second-order valence-electron chi connectivity index (χ2n) is 5.05. The molecule has 0 atom stereocenters. The van der Waals surface area contributed by atoms with Gasteiger partial charge in [0.15, 0.2) is 6.61 Å². The number of aromatic nitrogens is 4. The van der Waals surface area contributed by atoms with Crippen LogP contribution < -0.4 is 14.8 Å². The summed E-state index contributed by atoms with van der Waals surface area (Å²) >= 11 is 11.8. The van der Waals surface area contributed by atoms with Crippen molar-refractivity contribution >= 4 is 34.8 Å². The lowest BCUT2D eigenvalue weighted by atomic mass is 10.2. The van der Waals surface area contributed by atoms with Crippen molar-refractivity contribution in [3.05, 3.63) is 52.8 Å². The van der Waals surface area contributed by atoms with E-state index in [0.717, 1.165) is 0 Å². The molecule has 1 amide bonds. The van der Waals surface area contributed by atoms with Gasteiger partial charge in [-0.05, 0) is 40.8 Å². The number of hydrogen-bond donors (Lipinski definition) is 1. The fraction of sp³-hybridized carbons (Fsp3) is 0.125. The van der Waals surface area contributed by atoms with E-state index in [0.29, 0.717) is 32.9 Å². The molecule has 8 nitrogen and oxygen atoms in total. The zero-order valence-corrected chi connectivity index (χ0v) is 15.0. The average molecular weight is 394 g/mol. The van der Waals surface area contributed by atoms with Gasteiger partial charge >= 0.3 is 0 Å². The van der Waals surface area contributed by atoms with Crippen molar-refractivity contribution in [2.75, 3.05) is 19.0 Å². The monoisotopic (exact) mass is 393 g/mol. The molecule has 0 fully saturated rings. The molecule has 0 aliphatic carbocycles. The average Bonchev–Trinajstić information content (AvgIpc) is 3.15. The summed E-state index contributed by atoms with van der Waals surface area (Å²) in [5, 5.41) is 14.5. The van der Waals surface area contributed by atoms with Gasteiger partial charge < -0.3 is 14.8 Å². The Kier molecular flexibility index (Phi) is 5.55. The lowest BCUT2D eigenvalue weighted by molar-refractivity contribution is -0.118. The number of halogens is 2. The Hall–Kier alpha value is -2.84. The maximum atomic E-state index is 12.1. The van der Waals surface area contributed by atoms with Gasteiger partial charge in [-0.2, -0.15) is 4.68 Å². The molecular formula is C16H13Cl2N5O3. The van der Waals surface area contributed by atoms with E-state index in [4.69, 9.17) is 32.7 Å². The third-order valence-corrected chi connectivity index (χ3v) is 3.84. The Labute approximate surface area is 158 Å². The zero-order chi connectivity index (χ0) is 18.5. The van der Waals surface area contributed by atoms with Crippen molar-refractivity contribution in [3.8, 4) is 17.2 Å². The van der Waals surface area contributed by atoms with E-state index < -0.39 is 0 Å². The molecule has 0 unspecified atom stereocenters. The fourth-order valence-electron chi connectivity index (χ4n) is 2.15. The van der Waals surface area contributed by atoms with Crippen molar-refractivity contribution in [1.29, 1.82) is 0 Å². The zero-order valence-electron chi connectivity index (χ0n) is 13.5. The second-order valence-corrected chi connectivity index (χ2v) is 5.90. The largest absolute Gasteiger partial charge is 0.494 e. The number of nitrogens with one attached hydrogen (secondary N) is 1. The quantitative estimate of drug-likeness (QED) is 0.691. The molecule has 0 radical (unpaired) electrons. The van der Waals surface area contributed by atoms with Crippen LogP contribution in [0, 0.1) is 0 Å². The van der Waals surface area contributed by atoms with Gasteiger partial charge in [-0.1, -0.05) is 23.2 Å². The number of rotatable bonds is 6. The summed E-state index contributed by atoms with van der Waals surface area (Å²) in [4.78, 5) is 12.1.